The van der Waals surface area contributed by atoms with Crippen molar-refractivity contribution in [2.75, 3.05) is 43.4 Å². The zero-order valence-corrected chi connectivity index (χ0v) is 20.3. The average Bonchev–Trinajstić information content (AvgIpc) is 2.89. The van der Waals surface area contributed by atoms with Gasteiger partial charge in [0.25, 0.3) is 6.43 Å². The zero-order chi connectivity index (χ0) is 26.4. The fraction of sp³-hybridized carbons (Fsp3) is 0.333. The molecule has 8 nitrogen and oxygen atoms in total. The molecule has 0 bridgehead atoms. The van der Waals surface area contributed by atoms with Gasteiger partial charge in [-0.2, -0.15) is 10.2 Å². The number of carbonyl (C=O) groups is 1. The highest BCUT2D eigenvalue weighted by molar-refractivity contribution is 6.30. The van der Waals surface area contributed by atoms with Crippen molar-refractivity contribution in [2.45, 2.75) is 19.1 Å². The van der Waals surface area contributed by atoms with Gasteiger partial charge in [0.1, 0.15) is 11.6 Å². The summed E-state index contributed by atoms with van der Waals surface area (Å²) in [7, 11) is 0. The molecule has 1 atom stereocenters. The Balaban J connectivity index is 1.30. The molecule has 0 spiro atoms. The van der Waals surface area contributed by atoms with Crippen LogP contribution in [0.3, 0.4) is 0 Å². The first-order valence-electron chi connectivity index (χ1n) is 11.5. The summed E-state index contributed by atoms with van der Waals surface area (Å²) < 4.78 is 52.7. The summed E-state index contributed by atoms with van der Waals surface area (Å²) in [6, 6.07) is 9.10. The minimum Gasteiger partial charge on any atom is -0.354 e. The van der Waals surface area contributed by atoms with Crippen molar-refractivity contribution >= 4 is 34.7 Å². The maximum Gasteiger partial charge on any atom is 0.282 e. The molecule has 1 aliphatic rings. The zero-order valence-electron chi connectivity index (χ0n) is 19.6. The van der Waals surface area contributed by atoms with Crippen molar-refractivity contribution in [3.63, 3.8) is 0 Å². The smallest absolute Gasteiger partial charge is 0.282 e. The summed E-state index contributed by atoms with van der Waals surface area (Å²) in [6.07, 6.45) is -2.14. The minimum atomic E-state index is -3.03. The largest absolute Gasteiger partial charge is 0.354 e. The van der Waals surface area contributed by atoms with E-state index in [1.54, 1.807) is 18.2 Å². The highest BCUT2D eigenvalue weighted by atomic mass is 35.5. The molecule has 2 N–H and O–H groups in total. The summed E-state index contributed by atoms with van der Waals surface area (Å²) in [6.45, 7) is 1.57. The van der Waals surface area contributed by atoms with Gasteiger partial charge in [0, 0.05) is 67.7 Å². The minimum absolute atomic E-state index is 0.163. The molecular formula is C24H24ClF4N7O. The molecule has 1 saturated heterocycles. The number of aromatic nitrogens is 3. The standard InChI is InChI=1S/C24H24ClF4N7O/c25-15-1-2-19(26)18(11-15)20-12-17(14-31-34-20)32-16-3-5-30-21(13-16)33-22(37)4-6-35-7-9-36(10-8-35)24(29)23(27)28/h1-3,5,11-14,23-24H,4,6-10H2,(H2,30,32,33,34,37). The van der Waals surface area contributed by atoms with E-state index in [-0.39, 0.29) is 31.0 Å². The van der Waals surface area contributed by atoms with Crippen molar-refractivity contribution in [1.29, 1.82) is 0 Å². The number of nitrogens with one attached hydrogen (secondary N) is 2. The normalized spacial score (nSPS) is 15.5. The van der Waals surface area contributed by atoms with Crippen molar-refractivity contribution in [1.82, 2.24) is 25.0 Å². The number of benzene rings is 1. The quantitative estimate of drug-likeness (QED) is 0.305. The SMILES string of the molecule is O=C(CCN1CCN(C(F)C(F)F)CC1)Nc1cc(Nc2cnnc(-c3cc(Cl)ccc3F)c2)ccn1. The molecule has 13 heteroatoms. The van der Waals surface area contributed by atoms with E-state index in [0.717, 1.165) is 4.90 Å². The summed E-state index contributed by atoms with van der Waals surface area (Å²) in [5, 5.41) is 14.1. The van der Waals surface area contributed by atoms with Crippen LogP contribution in [0.15, 0.2) is 48.8 Å². The van der Waals surface area contributed by atoms with Crippen LogP contribution >= 0.6 is 11.6 Å². The number of hydrogen-bond donors (Lipinski definition) is 2. The molecule has 37 heavy (non-hydrogen) atoms. The lowest BCUT2D eigenvalue weighted by molar-refractivity contribution is -0.116. The molecule has 3 heterocycles. The van der Waals surface area contributed by atoms with Crippen LogP contribution < -0.4 is 10.6 Å². The van der Waals surface area contributed by atoms with Gasteiger partial charge < -0.3 is 15.5 Å². The van der Waals surface area contributed by atoms with E-state index in [4.69, 9.17) is 11.6 Å². The first-order chi connectivity index (χ1) is 17.8. The molecule has 1 amide bonds. The van der Waals surface area contributed by atoms with Crippen molar-refractivity contribution in [3.8, 4) is 11.3 Å². The Morgan fingerprint density at radius 2 is 1.84 bits per heavy atom. The van der Waals surface area contributed by atoms with Gasteiger partial charge in [-0.25, -0.2) is 22.5 Å². The molecule has 1 fully saturated rings. The number of alkyl halides is 3. The Kier molecular flexibility index (Phi) is 8.85. The topological polar surface area (TPSA) is 86.3 Å². The maximum atomic E-state index is 14.2. The molecule has 0 radical (unpaired) electrons. The second-order valence-corrected chi connectivity index (χ2v) is 8.83. The Morgan fingerprint density at radius 3 is 2.59 bits per heavy atom. The number of nitrogens with zero attached hydrogens (tertiary/aromatic N) is 5. The molecule has 196 valence electrons. The van der Waals surface area contributed by atoms with E-state index < -0.39 is 18.5 Å². The van der Waals surface area contributed by atoms with Crippen molar-refractivity contribution < 1.29 is 22.4 Å². The maximum absolute atomic E-state index is 14.2. The summed E-state index contributed by atoms with van der Waals surface area (Å²) in [4.78, 5) is 19.6. The predicted molar refractivity (Wildman–Crippen MR) is 132 cm³/mol. The molecule has 0 aliphatic carbocycles. The molecule has 1 aromatic carbocycles. The molecule has 1 unspecified atom stereocenters. The van der Waals surface area contributed by atoms with Crippen LogP contribution in [0.1, 0.15) is 6.42 Å². The summed E-state index contributed by atoms with van der Waals surface area (Å²) >= 11 is 5.97. The van der Waals surface area contributed by atoms with Gasteiger partial charge in [-0.05, 0) is 30.3 Å². The number of carbonyl (C=O) groups excluding carboxylic acids is 1. The number of halogens is 5. The first-order valence-corrected chi connectivity index (χ1v) is 11.9. The number of rotatable bonds is 9. The fourth-order valence-corrected chi connectivity index (χ4v) is 4.03. The predicted octanol–water partition coefficient (Wildman–Crippen LogP) is 4.58. The molecule has 1 aliphatic heterocycles. The molecule has 0 saturated carbocycles. The van der Waals surface area contributed by atoms with Gasteiger partial charge >= 0.3 is 0 Å². The van der Waals surface area contributed by atoms with E-state index in [1.165, 1.54) is 30.6 Å². The van der Waals surface area contributed by atoms with Gasteiger partial charge in [-0.15, -0.1) is 0 Å². The third kappa shape index (κ3) is 7.34. The Labute approximate surface area is 215 Å². The van der Waals surface area contributed by atoms with Crippen LogP contribution in [-0.4, -0.2) is 76.3 Å². The van der Waals surface area contributed by atoms with E-state index in [9.17, 15) is 22.4 Å². The number of pyridine rings is 1. The molecule has 4 rings (SSSR count). The van der Waals surface area contributed by atoms with Gasteiger partial charge in [0.15, 0.2) is 0 Å². The Bertz CT molecular complexity index is 1230. The Morgan fingerprint density at radius 1 is 1.05 bits per heavy atom. The van der Waals surface area contributed by atoms with Crippen molar-refractivity contribution in [3.05, 3.63) is 59.6 Å². The van der Waals surface area contributed by atoms with Crippen LogP contribution in [0.4, 0.5) is 34.8 Å². The second kappa shape index (κ2) is 12.3. The van der Waals surface area contributed by atoms with Gasteiger partial charge in [0.05, 0.1) is 17.6 Å². The fourth-order valence-electron chi connectivity index (χ4n) is 3.86. The van der Waals surface area contributed by atoms with Crippen LogP contribution in [0, 0.1) is 5.82 Å². The third-order valence-electron chi connectivity index (χ3n) is 5.79. The third-order valence-corrected chi connectivity index (χ3v) is 6.03. The van der Waals surface area contributed by atoms with Gasteiger partial charge in [0.2, 0.25) is 12.2 Å². The van der Waals surface area contributed by atoms with Crippen LogP contribution in [0.25, 0.3) is 11.3 Å². The highest BCUT2D eigenvalue weighted by Gasteiger charge is 2.29. The number of piperazine rings is 1. The van der Waals surface area contributed by atoms with Crippen LogP contribution in [-0.2, 0) is 4.79 Å². The van der Waals surface area contributed by atoms with Gasteiger partial charge in [-0.1, -0.05) is 11.6 Å². The average molecular weight is 538 g/mol. The number of hydrogen-bond acceptors (Lipinski definition) is 7. The summed E-state index contributed by atoms with van der Waals surface area (Å²) in [5.74, 6) is -0.432. The van der Waals surface area contributed by atoms with E-state index in [1.807, 2.05) is 4.90 Å². The van der Waals surface area contributed by atoms with Crippen LogP contribution in [0.2, 0.25) is 5.02 Å². The molecule has 3 aromatic rings. The monoisotopic (exact) mass is 537 g/mol. The van der Waals surface area contributed by atoms with E-state index in [2.05, 4.69) is 25.8 Å². The van der Waals surface area contributed by atoms with E-state index in [0.29, 0.717) is 47.5 Å². The van der Waals surface area contributed by atoms with Crippen molar-refractivity contribution in [2.24, 2.45) is 0 Å². The highest BCUT2D eigenvalue weighted by Crippen LogP contribution is 2.27. The Hall–Kier alpha value is -3.35. The number of amides is 1. The number of anilines is 3. The van der Waals surface area contributed by atoms with E-state index >= 15 is 0 Å². The lowest BCUT2D eigenvalue weighted by Gasteiger charge is -2.35. The lowest BCUT2D eigenvalue weighted by atomic mass is 10.1. The van der Waals surface area contributed by atoms with Gasteiger partial charge in [-0.3, -0.25) is 9.69 Å². The second-order valence-electron chi connectivity index (χ2n) is 8.39. The molecule has 2 aromatic heterocycles. The lowest BCUT2D eigenvalue weighted by Crippen LogP contribution is -2.51. The molecular weight excluding hydrogens is 514 g/mol. The first kappa shape index (κ1) is 26.7. The summed E-state index contributed by atoms with van der Waals surface area (Å²) in [5.41, 5.74) is 1.65. The van der Waals surface area contributed by atoms with Crippen LogP contribution in [0.5, 0.6) is 0 Å².